The normalized spacial score (nSPS) is 10.8. The summed E-state index contributed by atoms with van der Waals surface area (Å²) in [4.78, 5) is 10.7. The summed E-state index contributed by atoms with van der Waals surface area (Å²) >= 11 is 5.87. The summed E-state index contributed by atoms with van der Waals surface area (Å²) in [6.45, 7) is 0. The molecule has 0 saturated heterocycles. The van der Waals surface area contributed by atoms with Gasteiger partial charge in [-0.3, -0.25) is 4.79 Å². The summed E-state index contributed by atoms with van der Waals surface area (Å²) in [6, 6.07) is 6.05. The third kappa shape index (κ3) is 2.43. The molecule has 18 heavy (non-hydrogen) atoms. The molecule has 0 aliphatic carbocycles. The molecule has 0 atom stereocenters. The fourth-order valence-electron chi connectivity index (χ4n) is 2.02. The van der Waals surface area contributed by atoms with E-state index in [2.05, 4.69) is 0 Å². The van der Waals surface area contributed by atoms with Crippen LogP contribution in [0, 0.1) is 0 Å². The first kappa shape index (κ1) is 12.8. The van der Waals surface area contributed by atoms with E-state index in [0.717, 1.165) is 22.2 Å². The van der Waals surface area contributed by atoms with Gasteiger partial charge in [-0.05, 0) is 30.2 Å². The highest BCUT2D eigenvalue weighted by molar-refractivity contribution is 6.16. The maximum atomic E-state index is 10.7. The number of aromatic nitrogens is 1. The third-order valence-corrected chi connectivity index (χ3v) is 3.17. The second kappa shape index (κ2) is 5.31. The van der Waals surface area contributed by atoms with Crippen molar-refractivity contribution in [1.29, 1.82) is 0 Å². The summed E-state index contributed by atoms with van der Waals surface area (Å²) in [6.07, 6.45) is 2.50. The van der Waals surface area contributed by atoms with E-state index >= 15 is 0 Å². The van der Waals surface area contributed by atoms with Crippen molar-refractivity contribution in [2.24, 2.45) is 0 Å². The first-order chi connectivity index (χ1) is 8.65. The van der Waals surface area contributed by atoms with Crippen LogP contribution in [0.5, 0.6) is 5.75 Å². The smallest absolute Gasteiger partial charge is 0.303 e. The van der Waals surface area contributed by atoms with Crippen LogP contribution in [0.3, 0.4) is 0 Å². The SMILES string of the molecule is COc1ccc2c(c1)c(CCC(=O)O)cn2CCl. The van der Waals surface area contributed by atoms with Crippen molar-refractivity contribution in [1.82, 2.24) is 4.57 Å². The molecule has 0 saturated carbocycles. The number of alkyl halides is 1. The highest BCUT2D eigenvalue weighted by atomic mass is 35.5. The number of aliphatic carboxylic acids is 1. The molecule has 4 nitrogen and oxygen atoms in total. The first-order valence-electron chi connectivity index (χ1n) is 5.59. The Kier molecular flexibility index (Phi) is 3.77. The standard InChI is InChI=1S/C13H14ClNO3/c1-18-10-3-4-12-11(6-10)9(2-5-13(16)17)7-15(12)8-14/h3-4,6-7H,2,5,8H2,1H3,(H,16,17). The molecule has 1 aromatic heterocycles. The zero-order chi connectivity index (χ0) is 13.1. The Morgan fingerprint density at radius 3 is 2.89 bits per heavy atom. The van der Waals surface area contributed by atoms with Crippen molar-refractivity contribution in [3.05, 3.63) is 30.0 Å². The van der Waals surface area contributed by atoms with Crippen molar-refractivity contribution in [2.75, 3.05) is 7.11 Å². The minimum atomic E-state index is -0.801. The van der Waals surface area contributed by atoms with Gasteiger partial charge in [0, 0.05) is 23.5 Å². The van der Waals surface area contributed by atoms with Crippen LogP contribution < -0.4 is 4.74 Å². The monoisotopic (exact) mass is 267 g/mol. The molecule has 5 heteroatoms. The molecule has 0 spiro atoms. The number of rotatable bonds is 5. The van der Waals surface area contributed by atoms with Gasteiger partial charge in [-0.2, -0.15) is 0 Å². The lowest BCUT2D eigenvalue weighted by atomic mass is 10.1. The van der Waals surface area contributed by atoms with Gasteiger partial charge in [0.05, 0.1) is 13.1 Å². The predicted octanol–water partition coefficient (Wildman–Crippen LogP) is 2.86. The third-order valence-electron chi connectivity index (χ3n) is 2.91. The second-order valence-corrected chi connectivity index (χ2v) is 4.26. The zero-order valence-corrected chi connectivity index (χ0v) is 10.8. The summed E-state index contributed by atoms with van der Waals surface area (Å²) in [5.41, 5.74) is 1.97. The van der Waals surface area contributed by atoms with Gasteiger partial charge in [0.25, 0.3) is 0 Å². The van der Waals surface area contributed by atoms with E-state index < -0.39 is 5.97 Å². The topological polar surface area (TPSA) is 51.5 Å². The Bertz CT molecular complexity index is 577. The maximum absolute atomic E-state index is 10.7. The van der Waals surface area contributed by atoms with Crippen molar-refractivity contribution in [2.45, 2.75) is 18.8 Å². The quantitative estimate of drug-likeness (QED) is 0.848. The van der Waals surface area contributed by atoms with Crippen molar-refractivity contribution >= 4 is 28.5 Å². The van der Waals surface area contributed by atoms with E-state index in [1.54, 1.807) is 7.11 Å². The minimum Gasteiger partial charge on any atom is -0.497 e. The first-order valence-corrected chi connectivity index (χ1v) is 6.12. The van der Waals surface area contributed by atoms with Gasteiger partial charge in [0.15, 0.2) is 0 Å². The molecular formula is C13H14ClNO3. The Labute approximate surface area is 110 Å². The molecule has 0 aliphatic rings. The van der Waals surface area contributed by atoms with E-state index in [1.807, 2.05) is 29.0 Å². The van der Waals surface area contributed by atoms with Crippen molar-refractivity contribution < 1.29 is 14.6 Å². The average molecular weight is 268 g/mol. The number of nitrogens with zero attached hydrogens (tertiary/aromatic N) is 1. The second-order valence-electron chi connectivity index (χ2n) is 4.02. The van der Waals surface area contributed by atoms with Gasteiger partial charge in [0.2, 0.25) is 0 Å². The lowest BCUT2D eigenvalue weighted by Gasteiger charge is -2.02. The number of hydrogen-bond donors (Lipinski definition) is 1. The number of benzene rings is 1. The maximum Gasteiger partial charge on any atom is 0.303 e. The number of carboxylic acid groups (broad SMARTS) is 1. The van der Waals surface area contributed by atoms with E-state index in [0.29, 0.717) is 12.4 Å². The number of fused-ring (bicyclic) bond motifs is 1. The lowest BCUT2D eigenvalue weighted by molar-refractivity contribution is -0.136. The highest BCUT2D eigenvalue weighted by Crippen LogP contribution is 2.27. The Morgan fingerprint density at radius 1 is 1.50 bits per heavy atom. The number of carbonyl (C=O) groups is 1. The average Bonchev–Trinajstić information content (AvgIpc) is 2.73. The molecule has 0 bridgehead atoms. The molecule has 0 fully saturated rings. The Balaban J connectivity index is 2.46. The number of aryl methyl sites for hydroxylation is 1. The van der Waals surface area contributed by atoms with E-state index in [-0.39, 0.29) is 6.42 Å². The number of halogens is 1. The molecule has 1 aromatic carbocycles. The predicted molar refractivity (Wildman–Crippen MR) is 70.3 cm³/mol. The van der Waals surface area contributed by atoms with Crippen LogP contribution in [-0.4, -0.2) is 22.8 Å². The molecule has 0 amide bonds. The summed E-state index contributed by atoms with van der Waals surface area (Å²) < 4.78 is 7.08. The number of ether oxygens (including phenoxy) is 1. The molecule has 2 rings (SSSR count). The molecular weight excluding hydrogens is 254 g/mol. The van der Waals surface area contributed by atoms with Gasteiger partial charge in [-0.15, -0.1) is 11.6 Å². The minimum absolute atomic E-state index is 0.110. The molecule has 1 N–H and O–H groups in total. The van der Waals surface area contributed by atoms with Gasteiger partial charge in [0.1, 0.15) is 5.75 Å². The van der Waals surface area contributed by atoms with E-state index in [4.69, 9.17) is 21.4 Å². The van der Waals surface area contributed by atoms with E-state index in [9.17, 15) is 4.79 Å². The zero-order valence-electron chi connectivity index (χ0n) is 10.0. The van der Waals surface area contributed by atoms with Crippen LogP contribution >= 0.6 is 11.6 Å². The van der Waals surface area contributed by atoms with Crippen LogP contribution in [0.15, 0.2) is 24.4 Å². The largest absolute Gasteiger partial charge is 0.497 e. The summed E-state index contributed by atoms with van der Waals surface area (Å²) in [5.74, 6) is -0.0453. The van der Waals surface area contributed by atoms with Gasteiger partial charge >= 0.3 is 5.97 Å². The number of carboxylic acids is 1. The van der Waals surface area contributed by atoms with Crippen molar-refractivity contribution in [3.8, 4) is 5.75 Å². The van der Waals surface area contributed by atoms with Crippen molar-refractivity contribution in [3.63, 3.8) is 0 Å². The van der Waals surface area contributed by atoms with Crippen LogP contribution in [0.2, 0.25) is 0 Å². The van der Waals surface area contributed by atoms with Crippen LogP contribution in [0.1, 0.15) is 12.0 Å². The highest BCUT2D eigenvalue weighted by Gasteiger charge is 2.10. The Hall–Kier alpha value is -1.68. The Morgan fingerprint density at radius 2 is 2.28 bits per heavy atom. The molecule has 96 valence electrons. The molecule has 0 aliphatic heterocycles. The van der Waals surface area contributed by atoms with Crippen LogP contribution in [-0.2, 0) is 17.2 Å². The van der Waals surface area contributed by atoms with Gasteiger partial charge in [-0.25, -0.2) is 0 Å². The molecule has 0 unspecified atom stereocenters. The fourth-order valence-corrected chi connectivity index (χ4v) is 2.21. The molecule has 1 heterocycles. The summed E-state index contributed by atoms with van der Waals surface area (Å²) in [5, 5.41) is 9.75. The number of methoxy groups -OCH3 is 1. The van der Waals surface area contributed by atoms with Gasteiger partial charge < -0.3 is 14.4 Å². The summed E-state index contributed by atoms with van der Waals surface area (Å²) in [7, 11) is 1.61. The fraction of sp³-hybridized carbons (Fsp3) is 0.308. The van der Waals surface area contributed by atoms with E-state index in [1.165, 1.54) is 0 Å². The van der Waals surface area contributed by atoms with Crippen LogP contribution in [0.4, 0.5) is 0 Å². The lowest BCUT2D eigenvalue weighted by Crippen LogP contribution is -1.96. The molecule has 2 aromatic rings. The molecule has 0 radical (unpaired) electrons. The number of hydrogen-bond acceptors (Lipinski definition) is 2. The van der Waals surface area contributed by atoms with Gasteiger partial charge in [-0.1, -0.05) is 0 Å². The van der Waals surface area contributed by atoms with Crippen LogP contribution in [0.25, 0.3) is 10.9 Å².